The Labute approximate surface area is 143 Å². The van der Waals surface area contributed by atoms with Crippen LogP contribution in [0.4, 0.5) is 10.5 Å². The van der Waals surface area contributed by atoms with Crippen LogP contribution in [0.25, 0.3) is 0 Å². The number of nitrogens with one attached hydrogen (secondary N) is 2. The molecule has 0 aromatic heterocycles. The fraction of sp³-hybridized carbons (Fsp3) is 0.611. The Hall–Kier alpha value is -1.79. The largest absolute Gasteiger partial charge is 0.497 e. The number of aliphatic hydroxyl groups is 1. The van der Waals surface area contributed by atoms with Crippen molar-refractivity contribution < 1.29 is 19.4 Å². The number of anilines is 1. The van der Waals surface area contributed by atoms with Crippen molar-refractivity contribution in [2.45, 2.75) is 51.2 Å². The molecule has 0 spiro atoms. The van der Waals surface area contributed by atoms with E-state index in [9.17, 15) is 9.90 Å². The number of piperidine rings is 1. The van der Waals surface area contributed by atoms with Crippen molar-refractivity contribution in [3.8, 4) is 5.75 Å². The van der Waals surface area contributed by atoms with E-state index in [1.165, 1.54) is 0 Å². The van der Waals surface area contributed by atoms with Crippen molar-refractivity contribution in [3.05, 3.63) is 23.8 Å². The predicted molar refractivity (Wildman–Crippen MR) is 93.6 cm³/mol. The molecule has 0 radical (unpaired) electrons. The Morgan fingerprint density at radius 1 is 1.42 bits per heavy atom. The minimum Gasteiger partial charge on any atom is -0.497 e. The molecule has 6 nitrogen and oxygen atoms in total. The number of hydrogen-bond donors (Lipinski definition) is 3. The molecule has 6 heteroatoms. The molecule has 1 amide bonds. The number of carbonyl (C=O) groups excluding carboxylic acids is 1. The molecule has 3 N–H and O–H groups in total. The summed E-state index contributed by atoms with van der Waals surface area (Å²) in [5, 5.41) is 16.8. The van der Waals surface area contributed by atoms with E-state index in [-0.39, 0.29) is 0 Å². The molecule has 1 saturated heterocycles. The first-order chi connectivity index (χ1) is 11.2. The summed E-state index contributed by atoms with van der Waals surface area (Å²) in [6, 6.07) is 5.40. The van der Waals surface area contributed by atoms with Gasteiger partial charge in [0, 0.05) is 18.7 Å². The summed E-state index contributed by atoms with van der Waals surface area (Å²) in [7, 11) is 1.59. The van der Waals surface area contributed by atoms with E-state index in [2.05, 4.69) is 10.6 Å². The summed E-state index contributed by atoms with van der Waals surface area (Å²) in [5.41, 5.74) is 0.0624. The van der Waals surface area contributed by atoms with Crippen LogP contribution >= 0.6 is 0 Å². The van der Waals surface area contributed by atoms with Crippen molar-refractivity contribution in [1.29, 1.82) is 0 Å². The Morgan fingerprint density at radius 2 is 2.17 bits per heavy atom. The molecule has 0 bridgehead atoms. The molecule has 2 rings (SSSR count). The normalized spacial score (nSPS) is 21.2. The Kier molecular flexibility index (Phi) is 5.72. The molecule has 1 unspecified atom stereocenters. The van der Waals surface area contributed by atoms with Gasteiger partial charge in [-0.2, -0.15) is 0 Å². The maximum atomic E-state index is 12.1. The zero-order valence-corrected chi connectivity index (χ0v) is 14.9. The summed E-state index contributed by atoms with van der Waals surface area (Å²) in [6.45, 7) is 6.91. The number of hydrogen-bond acceptors (Lipinski definition) is 5. The van der Waals surface area contributed by atoms with Crippen LogP contribution < -0.4 is 15.4 Å². The molecule has 1 aromatic carbocycles. The maximum Gasteiger partial charge on any atom is 0.412 e. The second kappa shape index (κ2) is 7.40. The van der Waals surface area contributed by atoms with Crippen molar-refractivity contribution >= 4 is 11.8 Å². The van der Waals surface area contributed by atoms with E-state index < -0.39 is 17.3 Å². The van der Waals surface area contributed by atoms with Gasteiger partial charge in [0.2, 0.25) is 0 Å². The van der Waals surface area contributed by atoms with Gasteiger partial charge in [0.1, 0.15) is 11.4 Å². The second-order valence-electron chi connectivity index (χ2n) is 7.33. The van der Waals surface area contributed by atoms with Crippen LogP contribution in [0.5, 0.6) is 5.75 Å². The van der Waals surface area contributed by atoms with Crippen molar-refractivity contribution in [2.75, 3.05) is 25.5 Å². The van der Waals surface area contributed by atoms with Crippen LogP contribution in [0, 0.1) is 0 Å². The van der Waals surface area contributed by atoms with Gasteiger partial charge in [-0.15, -0.1) is 0 Å². The summed E-state index contributed by atoms with van der Waals surface area (Å²) in [4.78, 5) is 12.1. The Morgan fingerprint density at radius 3 is 2.75 bits per heavy atom. The minimum atomic E-state index is -0.824. The molecule has 0 saturated carbocycles. The summed E-state index contributed by atoms with van der Waals surface area (Å²) in [6.07, 6.45) is 1.57. The van der Waals surface area contributed by atoms with E-state index in [0.29, 0.717) is 24.4 Å². The van der Waals surface area contributed by atoms with E-state index in [1.54, 1.807) is 19.2 Å². The first-order valence-electron chi connectivity index (χ1n) is 8.31. The van der Waals surface area contributed by atoms with Crippen molar-refractivity contribution in [3.63, 3.8) is 0 Å². The monoisotopic (exact) mass is 336 g/mol. The van der Waals surface area contributed by atoms with Crippen LogP contribution in [-0.2, 0) is 11.2 Å². The lowest BCUT2D eigenvalue weighted by Crippen LogP contribution is -2.47. The number of methoxy groups -OCH3 is 1. The second-order valence-corrected chi connectivity index (χ2v) is 7.33. The van der Waals surface area contributed by atoms with E-state index >= 15 is 0 Å². The molecule has 1 aliphatic rings. The number of benzene rings is 1. The highest BCUT2D eigenvalue weighted by molar-refractivity contribution is 5.86. The van der Waals surface area contributed by atoms with Gasteiger partial charge in [-0.05, 0) is 63.9 Å². The lowest BCUT2D eigenvalue weighted by atomic mass is 9.87. The number of amides is 1. The third kappa shape index (κ3) is 5.39. The standard InChI is InChI=1S/C18H28N2O4/c1-17(2,3)24-16(21)20-15-7-6-14(23-4)10-13(15)11-18(22)8-5-9-19-12-18/h6-7,10,19,22H,5,8-9,11-12H2,1-4H3,(H,20,21). The van der Waals surface area contributed by atoms with Crippen LogP contribution in [0.3, 0.4) is 0 Å². The van der Waals surface area contributed by atoms with Crippen molar-refractivity contribution in [1.82, 2.24) is 5.32 Å². The minimum absolute atomic E-state index is 0.433. The third-order valence-corrected chi connectivity index (χ3v) is 3.92. The van der Waals surface area contributed by atoms with E-state index in [1.807, 2.05) is 26.8 Å². The smallest absolute Gasteiger partial charge is 0.412 e. The lowest BCUT2D eigenvalue weighted by molar-refractivity contribution is 0.0170. The van der Waals surface area contributed by atoms with Crippen LogP contribution in [0.1, 0.15) is 39.2 Å². The highest BCUT2D eigenvalue weighted by Crippen LogP contribution is 2.29. The van der Waals surface area contributed by atoms with Crippen LogP contribution in [0.15, 0.2) is 18.2 Å². The van der Waals surface area contributed by atoms with E-state index in [4.69, 9.17) is 9.47 Å². The van der Waals surface area contributed by atoms with Gasteiger partial charge in [0.05, 0.1) is 12.7 Å². The molecule has 1 aliphatic heterocycles. The quantitative estimate of drug-likeness (QED) is 0.788. The Balaban J connectivity index is 2.19. The summed E-state index contributed by atoms with van der Waals surface area (Å²) < 4.78 is 10.6. The number of carbonyl (C=O) groups is 1. The van der Waals surface area contributed by atoms with Gasteiger partial charge in [0.25, 0.3) is 0 Å². The average molecular weight is 336 g/mol. The highest BCUT2D eigenvalue weighted by atomic mass is 16.6. The highest BCUT2D eigenvalue weighted by Gasteiger charge is 2.30. The fourth-order valence-corrected chi connectivity index (χ4v) is 2.84. The average Bonchev–Trinajstić information content (AvgIpc) is 2.47. The first kappa shape index (κ1) is 18.5. The number of rotatable bonds is 4. The SMILES string of the molecule is COc1ccc(NC(=O)OC(C)(C)C)c(CC2(O)CCCNC2)c1. The molecular formula is C18H28N2O4. The molecular weight excluding hydrogens is 308 g/mol. The van der Waals surface area contributed by atoms with Crippen LogP contribution in [-0.4, -0.2) is 42.6 Å². The summed E-state index contributed by atoms with van der Waals surface area (Å²) >= 11 is 0. The summed E-state index contributed by atoms with van der Waals surface area (Å²) in [5.74, 6) is 0.687. The molecule has 0 aliphatic carbocycles. The zero-order valence-electron chi connectivity index (χ0n) is 14.9. The van der Waals surface area contributed by atoms with Gasteiger partial charge in [-0.25, -0.2) is 4.79 Å². The van der Waals surface area contributed by atoms with Gasteiger partial charge in [-0.1, -0.05) is 0 Å². The van der Waals surface area contributed by atoms with Gasteiger partial charge < -0.3 is 19.9 Å². The zero-order chi connectivity index (χ0) is 17.8. The molecule has 1 heterocycles. The number of β-amino-alcohol motifs (C(OH)–C–C–N with tert-alkyl or cyclic N) is 1. The van der Waals surface area contributed by atoms with Gasteiger partial charge >= 0.3 is 6.09 Å². The molecule has 1 aromatic rings. The van der Waals surface area contributed by atoms with Gasteiger partial charge in [-0.3, -0.25) is 5.32 Å². The maximum absolute atomic E-state index is 12.1. The molecule has 1 atom stereocenters. The fourth-order valence-electron chi connectivity index (χ4n) is 2.84. The van der Waals surface area contributed by atoms with Crippen LogP contribution in [0.2, 0.25) is 0 Å². The molecule has 24 heavy (non-hydrogen) atoms. The molecule has 134 valence electrons. The Bertz CT molecular complexity index is 575. The first-order valence-corrected chi connectivity index (χ1v) is 8.31. The topological polar surface area (TPSA) is 79.8 Å². The molecule has 1 fully saturated rings. The van der Waals surface area contributed by atoms with Crippen molar-refractivity contribution in [2.24, 2.45) is 0 Å². The lowest BCUT2D eigenvalue weighted by Gasteiger charge is -2.33. The van der Waals surface area contributed by atoms with Gasteiger partial charge in [0.15, 0.2) is 0 Å². The third-order valence-electron chi connectivity index (χ3n) is 3.92. The number of ether oxygens (including phenoxy) is 2. The predicted octanol–water partition coefficient (Wildman–Crippen LogP) is 2.70. The van der Waals surface area contributed by atoms with E-state index in [0.717, 1.165) is 24.9 Å².